The standard InChI is InChI=1S/C11H19N3/c1-4-14(3)8-7-13-11-5-6-12-10(2)9-11/h5-6,9H,4,7-8H2,1-3H3,(H,12,13). The monoisotopic (exact) mass is 193 g/mol. The van der Waals surface area contributed by atoms with Crippen molar-refractivity contribution in [1.29, 1.82) is 0 Å². The number of nitrogens with one attached hydrogen (secondary N) is 1. The molecule has 3 nitrogen and oxygen atoms in total. The Labute approximate surface area is 86.2 Å². The Hall–Kier alpha value is -1.09. The lowest BCUT2D eigenvalue weighted by molar-refractivity contribution is 0.367. The summed E-state index contributed by atoms with van der Waals surface area (Å²) in [6, 6.07) is 4.06. The molecular formula is C11H19N3. The van der Waals surface area contributed by atoms with Crippen LogP contribution in [0, 0.1) is 6.92 Å². The summed E-state index contributed by atoms with van der Waals surface area (Å²) in [5.74, 6) is 0. The van der Waals surface area contributed by atoms with Crippen molar-refractivity contribution in [1.82, 2.24) is 9.88 Å². The first-order chi connectivity index (χ1) is 6.72. The molecule has 0 aromatic carbocycles. The van der Waals surface area contributed by atoms with E-state index in [-0.39, 0.29) is 0 Å². The summed E-state index contributed by atoms with van der Waals surface area (Å²) in [6.45, 7) is 7.31. The van der Waals surface area contributed by atoms with Crippen LogP contribution in [0.5, 0.6) is 0 Å². The molecule has 1 aromatic rings. The SMILES string of the molecule is CCN(C)CCNc1ccnc(C)c1. The molecule has 0 atom stereocenters. The summed E-state index contributed by atoms with van der Waals surface area (Å²) in [4.78, 5) is 6.43. The van der Waals surface area contributed by atoms with E-state index in [1.165, 1.54) is 0 Å². The van der Waals surface area contributed by atoms with Gasteiger partial charge in [0.05, 0.1) is 0 Å². The number of aryl methyl sites for hydroxylation is 1. The molecule has 0 radical (unpaired) electrons. The summed E-state index contributed by atoms with van der Waals surface area (Å²) in [6.07, 6.45) is 1.83. The van der Waals surface area contributed by atoms with Crippen molar-refractivity contribution in [2.45, 2.75) is 13.8 Å². The Balaban J connectivity index is 2.31. The van der Waals surface area contributed by atoms with Crippen molar-refractivity contribution < 1.29 is 0 Å². The second kappa shape index (κ2) is 5.60. The maximum absolute atomic E-state index is 4.15. The van der Waals surface area contributed by atoms with Gasteiger partial charge in [0, 0.05) is 30.7 Å². The van der Waals surface area contributed by atoms with Crippen LogP contribution in [-0.2, 0) is 0 Å². The van der Waals surface area contributed by atoms with Crippen LogP contribution >= 0.6 is 0 Å². The Kier molecular flexibility index (Phi) is 4.40. The van der Waals surface area contributed by atoms with Gasteiger partial charge >= 0.3 is 0 Å². The molecule has 0 saturated carbocycles. The number of hydrogen-bond acceptors (Lipinski definition) is 3. The van der Waals surface area contributed by atoms with Gasteiger partial charge in [-0.05, 0) is 32.6 Å². The van der Waals surface area contributed by atoms with E-state index in [2.05, 4.69) is 35.2 Å². The van der Waals surface area contributed by atoms with Gasteiger partial charge in [-0.25, -0.2) is 0 Å². The third-order valence-electron chi connectivity index (χ3n) is 2.26. The molecule has 0 aliphatic rings. The van der Waals surface area contributed by atoms with Crippen LogP contribution in [0.25, 0.3) is 0 Å². The first-order valence-corrected chi connectivity index (χ1v) is 5.07. The lowest BCUT2D eigenvalue weighted by Gasteiger charge is -2.14. The molecule has 0 fully saturated rings. The van der Waals surface area contributed by atoms with E-state index in [1.807, 2.05) is 19.2 Å². The fourth-order valence-electron chi connectivity index (χ4n) is 1.20. The number of aromatic nitrogens is 1. The van der Waals surface area contributed by atoms with Crippen LogP contribution in [0.4, 0.5) is 5.69 Å². The molecule has 0 aliphatic heterocycles. The van der Waals surface area contributed by atoms with Crippen molar-refractivity contribution in [3.63, 3.8) is 0 Å². The zero-order chi connectivity index (χ0) is 10.4. The van der Waals surface area contributed by atoms with Crippen molar-refractivity contribution in [3.8, 4) is 0 Å². The van der Waals surface area contributed by atoms with E-state index in [9.17, 15) is 0 Å². The third kappa shape index (κ3) is 3.75. The van der Waals surface area contributed by atoms with E-state index in [0.29, 0.717) is 0 Å². The predicted octanol–water partition coefficient (Wildman–Crippen LogP) is 1.75. The smallest absolute Gasteiger partial charge is 0.0393 e. The van der Waals surface area contributed by atoms with Gasteiger partial charge in [0.1, 0.15) is 0 Å². The van der Waals surface area contributed by atoms with Crippen molar-refractivity contribution in [2.24, 2.45) is 0 Å². The number of pyridine rings is 1. The topological polar surface area (TPSA) is 28.2 Å². The summed E-state index contributed by atoms with van der Waals surface area (Å²) in [5, 5.41) is 3.37. The van der Waals surface area contributed by atoms with Gasteiger partial charge in [-0.1, -0.05) is 6.92 Å². The Morgan fingerprint density at radius 1 is 1.50 bits per heavy atom. The first-order valence-electron chi connectivity index (χ1n) is 5.07. The van der Waals surface area contributed by atoms with E-state index in [1.54, 1.807) is 0 Å². The summed E-state index contributed by atoms with van der Waals surface area (Å²) < 4.78 is 0. The molecule has 0 unspecified atom stereocenters. The maximum atomic E-state index is 4.15. The molecule has 78 valence electrons. The van der Waals surface area contributed by atoms with Crippen LogP contribution in [0.15, 0.2) is 18.3 Å². The van der Waals surface area contributed by atoms with Crippen molar-refractivity contribution in [2.75, 3.05) is 32.0 Å². The molecule has 0 bridgehead atoms. The highest BCUT2D eigenvalue weighted by atomic mass is 15.1. The third-order valence-corrected chi connectivity index (χ3v) is 2.26. The molecule has 1 rings (SSSR count). The molecule has 1 N–H and O–H groups in total. The lowest BCUT2D eigenvalue weighted by atomic mass is 10.3. The molecule has 1 aromatic heterocycles. The van der Waals surface area contributed by atoms with Crippen molar-refractivity contribution >= 4 is 5.69 Å². The average Bonchev–Trinajstić information content (AvgIpc) is 2.17. The van der Waals surface area contributed by atoms with Crippen LogP contribution in [0.2, 0.25) is 0 Å². The Morgan fingerprint density at radius 2 is 2.29 bits per heavy atom. The van der Waals surface area contributed by atoms with Gasteiger partial charge in [0.15, 0.2) is 0 Å². The van der Waals surface area contributed by atoms with Crippen LogP contribution in [0.1, 0.15) is 12.6 Å². The minimum absolute atomic E-state index is 0.980. The van der Waals surface area contributed by atoms with E-state index in [0.717, 1.165) is 31.0 Å². The van der Waals surface area contributed by atoms with Crippen LogP contribution in [0.3, 0.4) is 0 Å². The second-order valence-electron chi connectivity index (χ2n) is 3.51. The fraction of sp³-hybridized carbons (Fsp3) is 0.545. The second-order valence-corrected chi connectivity index (χ2v) is 3.51. The molecule has 14 heavy (non-hydrogen) atoms. The molecule has 0 aliphatic carbocycles. The predicted molar refractivity (Wildman–Crippen MR) is 60.6 cm³/mol. The van der Waals surface area contributed by atoms with Gasteiger partial charge in [-0.2, -0.15) is 0 Å². The molecular weight excluding hydrogens is 174 g/mol. The molecule has 0 amide bonds. The molecule has 3 heteroatoms. The minimum Gasteiger partial charge on any atom is -0.384 e. The van der Waals surface area contributed by atoms with Crippen molar-refractivity contribution in [3.05, 3.63) is 24.0 Å². The zero-order valence-electron chi connectivity index (χ0n) is 9.25. The number of hydrogen-bond donors (Lipinski definition) is 1. The summed E-state index contributed by atoms with van der Waals surface area (Å²) in [7, 11) is 2.12. The zero-order valence-corrected chi connectivity index (χ0v) is 9.25. The van der Waals surface area contributed by atoms with Gasteiger partial charge in [0.2, 0.25) is 0 Å². The highest BCUT2D eigenvalue weighted by Crippen LogP contribution is 2.05. The highest BCUT2D eigenvalue weighted by Gasteiger charge is 1.95. The Morgan fingerprint density at radius 3 is 2.93 bits per heavy atom. The van der Waals surface area contributed by atoms with E-state index < -0.39 is 0 Å². The molecule has 1 heterocycles. The van der Waals surface area contributed by atoms with Gasteiger partial charge in [-0.15, -0.1) is 0 Å². The van der Waals surface area contributed by atoms with Crippen LogP contribution in [-0.4, -0.2) is 36.6 Å². The highest BCUT2D eigenvalue weighted by molar-refractivity contribution is 5.42. The fourth-order valence-corrected chi connectivity index (χ4v) is 1.20. The first kappa shape index (κ1) is 11.0. The lowest BCUT2D eigenvalue weighted by Crippen LogP contribution is -2.24. The normalized spacial score (nSPS) is 10.6. The maximum Gasteiger partial charge on any atom is 0.0393 e. The van der Waals surface area contributed by atoms with E-state index in [4.69, 9.17) is 0 Å². The minimum atomic E-state index is 0.980. The number of anilines is 1. The summed E-state index contributed by atoms with van der Waals surface area (Å²) in [5.41, 5.74) is 2.21. The summed E-state index contributed by atoms with van der Waals surface area (Å²) >= 11 is 0. The Bertz CT molecular complexity index is 273. The molecule has 0 spiro atoms. The number of likely N-dealkylation sites (N-methyl/N-ethyl adjacent to an activating group) is 1. The largest absolute Gasteiger partial charge is 0.384 e. The number of nitrogens with zero attached hydrogens (tertiary/aromatic N) is 2. The quantitative estimate of drug-likeness (QED) is 0.772. The van der Waals surface area contributed by atoms with Crippen LogP contribution < -0.4 is 5.32 Å². The van der Waals surface area contributed by atoms with E-state index >= 15 is 0 Å². The number of rotatable bonds is 5. The average molecular weight is 193 g/mol. The van der Waals surface area contributed by atoms with Gasteiger partial charge in [0.25, 0.3) is 0 Å². The van der Waals surface area contributed by atoms with Gasteiger partial charge in [-0.3, -0.25) is 4.98 Å². The molecule has 0 saturated heterocycles. The van der Waals surface area contributed by atoms with Gasteiger partial charge < -0.3 is 10.2 Å².